The second-order valence-corrected chi connectivity index (χ2v) is 5.04. The van der Waals surface area contributed by atoms with E-state index in [9.17, 15) is 9.59 Å². The summed E-state index contributed by atoms with van der Waals surface area (Å²) in [5, 5.41) is 2.80. The summed E-state index contributed by atoms with van der Waals surface area (Å²) in [7, 11) is 0. The Kier molecular flexibility index (Phi) is 5.12. The molecule has 0 radical (unpaired) electrons. The molecule has 0 aliphatic carbocycles. The fourth-order valence-corrected chi connectivity index (χ4v) is 2.48. The summed E-state index contributed by atoms with van der Waals surface area (Å²) in [5.41, 5.74) is 6.06. The lowest BCUT2D eigenvalue weighted by Gasteiger charge is -2.32. The maximum Gasteiger partial charge on any atom is 0.253 e. The van der Waals surface area contributed by atoms with Crippen molar-refractivity contribution in [2.75, 3.05) is 26.2 Å². The Balaban J connectivity index is 1.96. The van der Waals surface area contributed by atoms with Gasteiger partial charge in [-0.3, -0.25) is 9.59 Å². The molecule has 20 heavy (non-hydrogen) atoms. The van der Waals surface area contributed by atoms with Crippen molar-refractivity contribution in [1.82, 2.24) is 10.2 Å². The number of likely N-dealkylation sites (tertiary alicyclic amines) is 1. The van der Waals surface area contributed by atoms with Crippen LogP contribution in [0.5, 0.6) is 0 Å². The van der Waals surface area contributed by atoms with Gasteiger partial charge in [-0.2, -0.15) is 0 Å². The molecule has 1 aliphatic rings. The van der Waals surface area contributed by atoms with Crippen LogP contribution in [0.3, 0.4) is 0 Å². The Labute approximate surface area is 119 Å². The molecule has 1 unspecified atom stereocenters. The number of rotatable bonds is 4. The first-order valence-electron chi connectivity index (χ1n) is 7.04. The van der Waals surface area contributed by atoms with E-state index in [-0.39, 0.29) is 17.7 Å². The van der Waals surface area contributed by atoms with Gasteiger partial charge in [0.1, 0.15) is 0 Å². The van der Waals surface area contributed by atoms with E-state index >= 15 is 0 Å². The number of nitrogens with zero attached hydrogens (tertiary/aromatic N) is 1. The predicted octanol–water partition coefficient (Wildman–Crippen LogP) is 0.614. The zero-order chi connectivity index (χ0) is 14.4. The topological polar surface area (TPSA) is 75.4 Å². The maximum atomic E-state index is 12.4. The molecule has 0 bridgehead atoms. The molecule has 1 heterocycles. The smallest absolute Gasteiger partial charge is 0.253 e. The second-order valence-electron chi connectivity index (χ2n) is 5.04. The molecule has 5 heteroatoms. The van der Waals surface area contributed by atoms with Crippen LogP contribution in [0.1, 0.15) is 23.2 Å². The van der Waals surface area contributed by atoms with Crippen LogP contribution in [0.2, 0.25) is 0 Å². The van der Waals surface area contributed by atoms with E-state index in [0.29, 0.717) is 31.7 Å². The molecule has 5 nitrogen and oxygen atoms in total. The number of nitrogens with one attached hydrogen (secondary N) is 1. The van der Waals surface area contributed by atoms with Crippen LogP contribution < -0.4 is 11.1 Å². The summed E-state index contributed by atoms with van der Waals surface area (Å²) in [4.78, 5) is 26.1. The number of benzene rings is 1. The van der Waals surface area contributed by atoms with Crippen LogP contribution >= 0.6 is 0 Å². The molecule has 108 valence electrons. The van der Waals surface area contributed by atoms with E-state index in [4.69, 9.17) is 5.73 Å². The SMILES string of the molecule is NCCNC(=O)C1CCCN(C(=O)c2ccccc2)C1. The van der Waals surface area contributed by atoms with Gasteiger partial charge in [-0.25, -0.2) is 0 Å². The molecule has 0 aromatic heterocycles. The third-order valence-corrected chi connectivity index (χ3v) is 3.54. The van der Waals surface area contributed by atoms with Gasteiger partial charge in [0.05, 0.1) is 5.92 Å². The van der Waals surface area contributed by atoms with E-state index in [2.05, 4.69) is 5.32 Å². The normalized spacial score (nSPS) is 18.6. The van der Waals surface area contributed by atoms with E-state index < -0.39 is 0 Å². The highest BCUT2D eigenvalue weighted by molar-refractivity contribution is 5.94. The Bertz CT molecular complexity index is 461. The fourth-order valence-electron chi connectivity index (χ4n) is 2.48. The Hall–Kier alpha value is -1.88. The molecule has 2 rings (SSSR count). The van der Waals surface area contributed by atoms with Crippen LogP contribution in [0.15, 0.2) is 30.3 Å². The zero-order valence-corrected chi connectivity index (χ0v) is 11.5. The molecule has 1 saturated heterocycles. The maximum absolute atomic E-state index is 12.4. The van der Waals surface area contributed by atoms with E-state index in [1.165, 1.54) is 0 Å². The van der Waals surface area contributed by atoms with Gasteiger partial charge in [0.2, 0.25) is 5.91 Å². The largest absolute Gasteiger partial charge is 0.355 e. The molecule has 1 aromatic carbocycles. The number of nitrogens with two attached hydrogens (primary N) is 1. The molecule has 1 atom stereocenters. The third kappa shape index (κ3) is 3.57. The molecule has 1 aliphatic heterocycles. The Morgan fingerprint density at radius 1 is 1.30 bits per heavy atom. The average molecular weight is 275 g/mol. The van der Waals surface area contributed by atoms with Crippen molar-refractivity contribution in [1.29, 1.82) is 0 Å². The first-order chi connectivity index (χ1) is 9.72. The standard InChI is InChI=1S/C15H21N3O2/c16-8-9-17-14(19)13-7-4-10-18(11-13)15(20)12-5-2-1-3-6-12/h1-3,5-6,13H,4,7-11,16H2,(H,17,19). The summed E-state index contributed by atoms with van der Waals surface area (Å²) < 4.78 is 0. The summed E-state index contributed by atoms with van der Waals surface area (Å²) in [6.07, 6.45) is 1.69. The molecule has 2 amide bonds. The number of carbonyl (C=O) groups is 2. The molecular formula is C15H21N3O2. The molecule has 0 spiro atoms. The zero-order valence-electron chi connectivity index (χ0n) is 11.5. The lowest BCUT2D eigenvalue weighted by atomic mass is 9.96. The van der Waals surface area contributed by atoms with Crippen molar-refractivity contribution in [2.24, 2.45) is 11.7 Å². The highest BCUT2D eigenvalue weighted by atomic mass is 16.2. The van der Waals surface area contributed by atoms with Gasteiger partial charge in [0.25, 0.3) is 5.91 Å². The third-order valence-electron chi connectivity index (χ3n) is 3.54. The van der Waals surface area contributed by atoms with Crippen LogP contribution in [0.25, 0.3) is 0 Å². The van der Waals surface area contributed by atoms with Gasteiger partial charge in [0, 0.05) is 31.7 Å². The molecule has 1 fully saturated rings. The van der Waals surface area contributed by atoms with Crippen LogP contribution in [-0.2, 0) is 4.79 Å². The van der Waals surface area contributed by atoms with Gasteiger partial charge < -0.3 is 16.0 Å². The number of hydrogen-bond donors (Lipinski definition) is 2. The first kappa shape index (κ1) is 14.5. The minimum atomic E-state index is -0.122. The number of hydrogen-bond acceptors (Lipinski definition) is 3. The highest BCUT2D eigenvalue weighted by Crippen LogP contribution is 2.18. The van der Waals surface area contributed by atoms with Crippen molar-refractivity contribution in [3.63, 3.8) is 0 Å². The second kappa shape index (κ2) is 7.05. The quantitative estimate of drug-likeness (QED) is 0.845. The summed E-state index contributed by atoms with van der Waals surface area (Å²) in [6, 6.07) is 9.20. The van der Waals surface area contributed by atoms with E-state index in [1.54, 1.807) is 17.0 Å². The monoisotopic (exact) mass is 275 g/mol. The minimum absolute atomic E-state index is 0.000937. The van der Waals surface area contributed by atoms with Crippen molar-refractivity contribution < 1.29 is 9.59 Å². The van der Waals surface area contributed by atoms with Crippen LogP contribution in [0, 0.1) is 5.92 Å². The van der Waals surface area contributed by atoms with E-state index in [0.717, 1.165) is 12.8 Å². The molecular weight excluding hydrogens is 254 g/mol. The van der Waals surface area contributed by atoms with E-state index in [1.807, 2.05) is 18.2 Å². The Morgan fingerprint density at radius 2 is 2.05 bits per heavy atom. The summed E-state index contributed by atoms with van der Waals surface area (Å²) >= 11 is 0. The van der Waals surface area contributed by atoms with Crippen LogP contribution in [-0.4, -0.2) is 42.9 Å². The lowest BCUT2D eigenvalue weighted by Crippen LogP contribution is -2.46. The van der Waals surface area contributed by atoms with Crippen molar-refractivity contribution >= 4 is 11.8 Å². The average Bonchev–Trinajstić information content (AvgIpc) is 2.52. The van der Waals surface area contributed by atoms with Gasteiger partial charge in [-0.15, -0.1) is 0 Å². The van der Waals surface area contributed by atoms with Crippen molar-refractivity contribution in [3.8, 4) is 0 Å². The first-order valence-corrected chi connectivity index (χ1v) is 7.04. The summed E-state index contributed by atoms with van der Waals surface area (Å²) in [6.45, 7) is 2.13. The number of amides is 2. The Morgan fingerprint density at radius 3 is 2.75 bits per heavy atom. The van der Waals surface area contributed by atoms with Gasteiger partial charge >= 0.3 is 0 Å². The minimum Gasteiger partial charge on any atom is -0.355 e. The molecule has 1 aromatic rings. The highest BCUT2D eigenvalue weighted by Gasteiger charge is 2.28. The van der Waals surface area contributed by atoms with Crippen molar-refractivity contribution in [3.05, 3.63) is 35.9 Å². The van der Waals surface area contributed by atoms with Gasteiger partial charge in [-0.05, 0) is 25.0 Å². The number of piperidine rings is 1. The molecule has 3 N–H and O–H groups in total. The number of carbonyl (C=O) groups excluding carboxylic acids is 2. The summed E-state index contributed by atoms with van der Waals surface area (Å²) in [5.74, 6) is -0.120. The van der Waals surface area contributed by atoms with Gasteiger partial charge in [0.15, 0.2) is 0 Å². The van der Waals surface area contributed by atoms with Gasteiger partial charge in [-0.1, -0.05) is 18.2 Å². The molecule has 0 saturated carbocycles. The fraction of sp³-hybridized carbons (Fsp3) is 0.467. The van der Waals surface area contributed by atoms with Crippen LogP contribution in [0.4, 0.5) is 0 Å². The predicted molar refractivity (Wildman–Crippen MR) is 77.1 cm³/mol. The van der Waals surface area contributed by atoms with Crippen molar-refractivity contribution in [2.45, 2.75) is 12.8 Å². The lowest BCUT2D eigenvalue weighted by molar-refractivity contribution is -0.126.